The van der Waals surface area contributed by atoms with E-state index in [1.54, 1.807) is 30.3 Å². The van der Waals surface area contributed by atoms with Gasteiger partial charge >= 0.3 is 0 Å². The monoisotopic (exact) mass is 388 g/mol. The number of hydrogen-bond acceptors (Lipinski definition) is 3. The highest BCUT2D eigenvalue weighted by Gasteiger charge is 2.25. The second kappa shape index (κ2) is 8.56. The van der Waals surface area contributed by atoms with Gasteiger partial charge in [-0.2, -0.15) is 0 Å². The molecular weight excluding hydrogens is 372 g/mol. The molecule has 7 heteroatoms. The van der Waals surface area contributed by atoms with Gasteiger partial charge in [0.05, 0.1) is 34.3 Å². The standard InChI is InChI=1S/C19H17ClN2O3S/c1-3-12-21-19(23)17-14-16(10-11-18(17)20)26(24,25)22(13-4-2)15-8-6-5-7-9-15/h1,4-11,14H,2,12-13H2,(H,21,23). The lowest BCUT2D eigenvalue weighted by atomic mass is 10.2. The molecule has 0 atom stereocenters. The first-order valence-corrected chi connectivity index (χ1v) is 9.43. The maximum absolute atomic E-state index is 13.1. The van der Waals surface area contributed by atoms with Gasteiger partial charge in [-0.1, -0.05) is 41.8 Å². The highest BCUT2D eigenvalue weighted by molar-refractivity contribution is 7.92. The zero-order chi connectivity index (χ0) is 19.2. The van der Waals surface area contributed by atoms with Crippen molar-refractivity contribution in [3.63, 3.8) is 0 Å². The Labute approximate surface area is 158 Å². The predicted molar refractivity (Wildman–Crippen MR) is 104 cm³/mol. The van der Waals surface area contributed by atoms with E-state index >= 15 is 0 Å². The first-order chi connectivity index (χ1) is 12.4. The van der Waals surface area contributed by atoms with Crippen LogP contribution in [0.2, 0.25) is 5.02 Å². The van der Waals surface area contributed by atoms with Crippen LogP contribution >= 0.6 is 11.6 Å². The van der Waals surface area contributed by atoms with Gasteiger partial charge in [-0.15, -0.1) is 13.0 Å². The molecule has 0 aliphatic rings. The largest absolute Gasteiger partial charge is 0.341 e. The maximum Gasteiger partial charge on any atom is 0.264 e. The number of rotatable bonds is 7. The van der Waals surface area contributed by atoms with Gasteiger partial charge in [0.1, 0.15) is 0 Å². The van der Waals surface area contributed by atoms with Gasteiger partial charge in [-0.3, -0.25) is 9.10 Å². The SMILES string of the molecule is C#CCNC(=O)c1cc(S(=O)(=O)N(CC=C)c2ccccc2)ccc1Cl. The van der Waals surface area contributed by atoms with Crippen LogP contribution in [0.25, 0.3) is 0 Å². The summed E-state index contributed by atoms with van der Waals surface area (Å²) in [6.07, 6.45) is 6.61. The quantitative estimate of drug-likeness (QED) is 0.585. The third kappa shape index (κ3) is 4.26. The van der Waals surface area contributed by atoms with Crippen molar-refractivity contribution in [1.82, 2.24) is 5.32 Å². The fourth-order valence-corrected chi connectivity index (χ4v) is 3.91. The number of sulfonamides is 1. The van der Waals surface area contributed by atoms with Crippen molar-refractivity contribution in [2.24, 2.45) is 0 Å². The van der Waals surface area contributed by atoms with Gasteiger partial charge in [0, 0.05) is 0 Å². The number of anilines is 1. The number of hydrogen-bond donors (Lipinski definition) is 1. The highest BCUT2D eigenvalue weighted by atomic mass is 35.5. The Morgan fingerprint density at radius 3 is 2.58 bits per heavy atom. The van der Waals surface area contributed by atoms with Gasteiger partial charge in [-0.25, -0.2) is 8.42 Å². The van der Waals surface area contributed by atoms with E-state index in [1.165, 1.54) is 28.6 Å². The van der Waals surface area contributed by atoms with Crippen LogP contribution in [0.4, 0.5) is 5.69 Å². The third-order valence-electron chi connectivity index (χ3n) is 3.46. The summed E-state index contributed by atoms with van der Waals surface area (Å²) >= 11 is 6.04. The zero-order valence-corrected chi connectivity index (χ0v) is 15.4. The Morgan fingerprint density at radius 2 is 1.96 bits per heavy atom. The van der Waals surface area contributed by atoms with Gasteiger partial charge in [0.2, 0.25) is 0 Å². The van der Waals surface area contributed by atoms with Gasteiger partial charge in [0.25, 0.3) is 15.9 Å². The number of halogens is 1. The predicted octanol–water partition coefficient (Wildman–Crippen LogP) is 3.08. The molecule has 0 aliphatic heterocycles. The summed E-state index contributed by atoms with van der Waals surface area (Å²) in [6, 6.07) is 12.6. The van der Waals surface area contributed by atoms with E-state index in [1.807, 2.05) is 0 Å². The summed E-state index contributed by atoms with van der Waals surface area (Å²) in [5.74, 6) is 1.73. The first kappa shape index (κ1) is 19.6. The van der Waals surface area contributed by atoms with Crippen LogP contribution in [0.3, 0.4) is 0 Å². The molecule has 0 radical (unpaired) electrons. The molecule has 5 nitrogen and oxygen atoms in total. The fraction of sp³-hybridized carbons (Fsp3) is 0.105. The van der Waals surface area contributed by atoms with Gasteiger partial charge in [-0.05, 0) is 30.3 Å². The molecule has 2 aromatic carbocycles. The second-order valence-electron chi connectivity index (χ2n) is 5.19. The number of terminal acetylenes is 1. The van der Waals surface area contributed by atoms with Crippen molar-refractivity contribution >= 4 is 33.2 Å². The smallest absolute Gasteiger partial charge is 0.264 e. The molecule has 2 rings (SSSR count). The van der Waals surface area contributed by atoms with Crippen LogP contribution in [0.5, 0.6) is 0 Å². The van der Waals surface area contributed by atoms with E-state index in [2.05, 4.69) is 17.8 Å². The van der Waals surface area contributed by atoms with Crippen molar-refractivity contribution in [3.05, 3.63) is 71.8 Å². The van der Waals surface area contributed by atoms with E-state index in [-0.39, 0.29) is 28.6 Å². The fourth-order valence-electron chi connectivity index (χ4n) is 2.25. The Balaban J connectivity index is 2.49. The molecule has 0 spiro atoms. The lowest BCUT2D eigenvalue weighted by Gasteiger charge is -2.23. The number of nitrogens with zero attached hydrogens (tertiary/aromatic N) is 1. The Hall–Kier alpha value is -2.75. The van der Waals surface area contributed by atoms with Crippen LogP contribution in [-0.4, -0.2) is 27.4 Å². The Kier molecular flexibility index (Phi) is 6.45. The van der Waals surface area contributed by atoms with Crippen molar-refractivity contribution in [2.45, 2.75) is 4.90 Å². The lowest BCUT2D eigenvalue weighted by Crippen LogP contribution is -2.31. The number of carbonyl (C=O) groups is 1. The van der Waals surface area contributed by atoms with E-state index in [0.717, 1.165) is 0 Å². The molecule has 0 saturated heterocycles. The second-order valence-corrected chi connectivity index (χ2v) is 7.46. The molecule has 26 heavy (non-hydrogen) atoms. The summed E-state index contributed by atoms with van der Waals surface area (Å²) in [5, 5.41) is 2.60. The molecule has 134 valence electrons. The molecule has 0 bridgehead atoms. The van der Waals surface area contributed by atoms with Gasteiger partial charge in [0.15, 0.2) is 0 Å². The van der Waals surface area contributed by atoms with Crippen LogP contribution < -0.4 is 9.62 Å². The topological polar surface area (TPSA) is 66.5 Å². The average molecular weight is 389 g/mol. The molecular formula is C19H17ClN2O3S. The Morgan fingerprint density at radius 1 is 1.27 bits per heavy atom. The normalized spacial score (nSPS) is 10.6. The number of amides is 1. The molecule has 1 amide bonds. The molecule has 0 heterocycles. The van der Waals surface area contributed by atoms with Gasteiger partial charge < -0.3 is 5.32 Å². The molecule has 0 saturated carbocycles. The number of para-hydroxylation sites is 1. The zero-order valence-electron chi connectivity index (χ0n) is 13.9. The van der Waals surface area contributed by atoms with Crippen molar-refractivity contribution < 1.29 is 13.2 Å². The number of nitrogens with one attached hydrogen (secondary N) is 1. The molecule has 0 aliphatic carbocycles. The minimum Gasteiger partial charge on any atom is -0.341 e. The first-order valence-electron chi connectivity index (χ1n) is 7.61. The number of carbonyl (C=O) groups excluding carboxylic acids is 1. The van der Waals surface area contributed by atoms with Crippen LogP contribution in [-0.2, 0) is 10.0 Å². The van der Waals surface area contributed by atoms with E-state index < -0.39 is 15.9 Å². The van der Waals surface area contributed by atoms with E-state index in [4.69, 9.17) is 18.0 Å². The number of benzene rings is 2. The van der Waals surface area contributed by atoms with Crippen molar-refractivity contribution in [3.8, 4) is 12.3 Å². The summed E-state index contributed by atoms with van der Waals surface area (Å²) in [4.78, 5) is 12.1. The van der Waals surface area contributed by atoms with Crippen molar-refractivity contribution in [2.75, 3.05) is 17.4 Å². The van der Waals surface area contributed by atoms with Crippen molar-refractivity contribution in [1.29, 1.82) is 0 Å². The lowest BCUT2D eigenvalue weighted by molar-refractivity contribution is 0.0958. The Bertz CT molecular complexity index is 950. The summed E-state index contributed by atoms with van der Waals surface area (Å²) in [7, 11) is -3.93. The molecule has 0 aromatic heterocycles. The summed E-state index contributed by atoms with van der Waals surface area (Å²) in [6.45, 7) is 3.71. The van der Waals surface area contributed by atoms with Crippen LogP contribution in [0.1, 0.15) is 10.4 Å². The van der Waals surface area contributed by atoms with Crippen LogP contribution in [0.15, 0.2) is 66.1 Å². The van der Waals surface area contributed by atoms with E-state index in [9.17, 15) is 13.2 Å². The van der Waals surface area contributed by atoms with E-state index in [0.29, 0.717) is 5.69 Å². The maximum atomic E-state index is 13.1. The highest BCUT2D eigenvalue weighted by Crippen LogP contribution is 2.26. The van der Waals surface area contributed by atoms with Crippen LogP contribution in [0, 0.1) is 12.3 Å². The molecule has 1 N–H and O–H groups in total. The third-order valence-corrected chi connectivity index (χ3v) is 5.58. The summed E-state index contributed by atoms with van der Waals surface area (Å²) in [5.41, 5.74) is 0.523. The summed E-state index contributed by atoms with van der Waals surface area (Å²) < 4.78 is 27.4. The molecule has 2 aromatic rings. The minimum absolute atomic E-state index is 0.0126. The molecule has 0 unspecified atom stereocenters. The average Bonchev–Trinajstić information content (AvgIpc) is 2.64. The minimum atomic E-state index is -3.93. The molecule has 0 fully saturated rings.